The third-order valence-corrected chi connectivity index (χ3v) is 3.36. The highest BCUT2D eigenvalue weighted by Gasteiger charge is 2.32. The summed E-state index contributed by atoms with van der Waals surface area (Å²) in [6.07, 6.45) is 3.57. The monoisotopic (exact) mass is 294 g/mol. The molecule has 106 valence electrons. The Bertz CT molecular complexity index is 555. The Labute approximate surface area is 121 Å². The van der Waals surface area contributed by atoms with Crippen molar-refractivity contribution in [2.24, 2.45) is 0 Å². The molecule has 1 aliphatic carbocycles. The molecule has 2 rings (SSSR count). The molecular formula is C14H15ClN2O3. The molecule has 6 heteroatoms. The van der Waals surface area contributed by atoms with Crippen LogP contribution in [0.15, 0.2) is 30.9 Å². The van der Waals surface area contributed by atoms with E-state index in [0.717, 1.165) is 12.8 Å². The van der Waals surface area contributed by atoms with E-state index in [0.29, 0.717) is 6.54 Å². The number of hydrogen-bond donors (Lipinski definition) is 2. The predicted octanol–water partition coefficient (Wildman–Crippen LogP) is 3.22. The van der Waals surface area contributed by atoms with Gasteiger partial charge in [-0.15, -0.1) is 6.58 Å². The van der Waals surface area contributed by atoms with Gasteiger partial charge >= 0.3 is 12.0 Å². The largest absolute Gasteiger partial charge is 0.478 e. The number of halogens is 1. The molecular weight excluding hydrogens is 280 g/mol. The second-order valence-corrected chi connectivity index (χ2v) is 4.98. The highest BCUT2D eigenvalue weighted by atomic mass is 35.5. The Morgan fingerprint density at radius 1 is 1.50 bits per heavy atom. The van der Waals surface area contributed by atoms with Crippen molar-refractivity contribution in [3.05, 3.63) is 41.4 Å². The van der Waals surface area contributed by atoms with Gasteiger partial charge in [0, 0.05) is 12.6 Å². The molecule has 1 aromatic rings. The Morgan fingerprint density at radius 3 is 2.75 bits per heavy atom. The molecule has 0 bridgehead atoms. The van der Waals surface area contributed by atoms with Crippen LogP contribution < -0.4 is 5.32 Å². The molecule has 2 amide bonds. The maximum absolute atomic E-state index is 12.2. The van der Waals surface area contributed by atoms with E-state index >= 15 is 0 Å². The summed E-state index contributed by atoms with van der Waals surface area (Å²) in [6, 6.07) is 4.46. The van der Waals surface area contributed by atoms with Crippen molar-refractivity contribution in [3.63, 3.8) is 0 Å². The van der Waals surface area contributed by atoms with Crippen LogP contribution in [-0.4, -0.2) is 34.6 Å². The zero-order valence-electron chi connectivity index (χ0n) is 10.8. The Kier molecular flexibility index (Phi) is 4.29. The predicted molar refractivity (Wildman–Crippen MR) is 77.4 cm³/mol. The van der Waals surface area contributed by atoms with Crippen LogP contribution in [0, 0.1) is 0 Å². The molecule has 1 saturated carbocycles. The average molecular weight is 295 g/mol. The normalized spacial score (nSPS) is 13.7. The third-order valence-electron chi connectivity index (χ3n) is 3.04. The standard InChI is InChI=1S/C14H15ClN2O3/c1-2-8-17(9-6-7-9)14(20)16-11-5-3-4-10(15)12(11)13(18)19/h2-5,9H,1,6-8H2,(H,16,20)(H,18,19). The minimum Gasteiger partial charge on any atom is -0.478 e. The number of anilines is 1. The number of hydrogen-bond acceptors (Lipinski definition) is 2. The van der Waals surface area contributed by atoms with Gasteiger partial charge in [-0.25, -0.2) is 9.59 Å². The summed E-state index contributed by atoms with van der Waals surface area (Å²) >= 11 is 5.86. The fourth-order valence-corrected chi connectivity index (χ4v) is 2.21. The van der Waals surface area contributed by atoms with Crippen LogP contribution in [0.1, 0.15) is 23.2 Å². The van der Waals surface area contributed by atoms with E-state index in [9.17, 15) is 9.59 Å². The van der Waals surface area contributed by atoms with Crippen molar-refractivity contribution in [2.45, 2.75) is 18.9 Å². The van der Waals surface area contributed by atoms with Crippen LogP contribution in [0.3, 0.4) is 0 Å². The SMILES string of the molecule is C=CCN(C(=O)Nc1cccc(Cl)c1C(=O)O)C1CC1. The zero-order chi connectivity index (χ0) is 14.7. The van der Waals surface area contributed by atoms with Crippen LogP contribution in [0.4, 0.5) is 10.5 Å². The van der Waals surface area contributed by atoms with Crippen molar-refractivity contribution in [1.29, 1.82) is 0 Å². The number of nitrogens with one attached hydrogen (secondary N) is 1. The van der Waals surface area contributed by atoms with Gasteiger partial charge < -0.3 is 15.3 Å². The molecule has 0 spiro atoms. The number of carboxylic acid groups (broad SMARTS) is 1. The molecule has 0 atom stereocenters. The van der Waals surface area contributed by atoms with E-state index in [1.807, 2.05) is 0 Å². The molecule has 2 N–H and O–H groups in total. The van der Waals surface area contributed by atoms with E-state index in [2.05, 4.69) is 11.9 Å². The van der Waals surface area contributed by atoms with Gasteiger partial charge in [-0.3, -0.25) is 0 Å². The first-order valence-electron chi connectivity index (χ1n) is 6.25. The number of carbonyl (C=O) groups is 2. The van der Waals surface area contributed by atoms with E-state index in [-0.39, 0.29) is 28.3 Å². The lowest BCUT2D eigenvalue weighted by Crippen LogP contribution is -2.37. The van der Waals surface area contributed by atoms with Crippen molar-refractivity contribution in [1.82, 2.24) is 4.90 Å². The molecule has 20 heavy (non-hydrogen) atoms. The van der Waals surface area contributed by atoms with E-state index in [1.54, 1.807) is 17.0 Å². The van der Waals surface area contributed by atoms with Gasteiger partial charge in [-0.2, -0.15) is 0 Å². The smallest absolute Gasteiger partial charge is 0.339 e. The molecule has 0 saturated heterocycles. The lowest BCUT2D eigenvalue weighted by Gasteiger charge is -2.21. The van der Waals surface area contributed by atoms with Gasteiger partial charge in [-0.1, -0.05) is 23.7 Å². The number of aromatic carboxylic acids is 1. The van der Waals surface area contributed by atoms with Crippen molar-refractivity contribution < 1.29 is 14.7 Å². The molecule has 0 aromatic heterocycles. The van der Waals surface area contributed by atoms with E-state index in [1.165, 1.54) is 12.1 Å². The van der Waals surface area contributed by atoms with Crippen LogP contribution in [0.25, 0.3) is 0 Å². The number of urea groups is 1. The topological polar surface area (TPSA) is 69.6 Å². The molecule has 1 fully saturated rings. The molecule has 1 aromatic carbocycles. The van der Waals surface area contributed by atoms with Gasteiger partial charge in [0.25, 0.3) is 0 Å². The van der Waals surface area contributed by atoms with Gasteiger partial charge in [0.2, 0.25) is 0 Å². The fraction of sp³-hybridized carbons (Fsp3) is 0.286. The van der Waals surface area contributed by atoms with Crippen LogP contribution >= 0.6 is 11.6 Å². The van der Waals surface area contributed by atoms with Gasteiger partial charge in [0.1, 0.15) is 5.56 Å². The van der Waals surface area contributed by atoms with Crippen molar-refractivity contribution >= 4 is 29.3 Å². The number of carbonyl (C=O) groups excluding carboxylic acids is 1. The maximum Gasteiger partial charge on any atom is 0.339 e. The summed E-state index contributed by atoms with van der Waals surface area (Å²) < 4.78 is 0. The Morgan fingerprint density at radius 2 is 2.20 bits per heavy atom. The third kappa shape index (κ3) is 3.11. The lowest BCUT2D eigenvalue weighted by atomic mass is 10.2. The van der Waals surface area contributed by atoms with Crippen molar-refractivity contribution in [3.8, 4) is 0 Å². The number of nitrogens with zero attached hydrogens (tertiary/aromatic N) is 1. The first kappa shape index (κ1) is 14.4. The second-order valence-electron chi connectivity index (χ2n) is 4.57. The molecule has 0 aliphatic heterocycles. The van der Waals surface area contributed by atoms with Gasteiger partial charge in [0.05, 0.1) is 10.7 Å². The molecule has 0 heterocycles. The van der Waals surface area contributed by atoms with E-state index < -0.39 is 5.97 Å². The first-order valence-corrected chi connectivity index (χ1v) is 6.62. The lowest BCUT2D eigenvalue weighted by molar-refractivity contribution is 0.0698. The highest BCUT2D eigenvalue weighted by molar-refractivity contribution is 6.34. The van der Waals surface area contributed by atoms with Gasteiger partial charge in [-0.05, 0) is 25.0 Å². The quantitative estimate of drug-likeness (QED) is 0.819. The molecule has 1 aliphatic rings. The maximum atomic E-state index is 12.2. The minimum absolute atomic E-state index is 0.0944. The number of rotatable bonds is 5. The van der Waals surface area contributed by atoms with Gasteiger partial charge in [0.15, 0.2) is 0 Å². The fourth-order valence-electron chi connectivity index (χ4n) is 1.96. The number of carboxylic acids is 1. The Hall–Kier alpha value is -2.01. The molecule has 5 nitrogen and oxygen atoms in total. The second kappa shape index (κ2) is 5.96. The Balaban J connectivity index is 2.20. The summed E-state index contributed by atoms with van der Waals surface area (Å²) in [4.78, 5) is 25.0. The first-order chi connectivity index (χ1) is 9.54. The molecule has 0 radical (unpaired) electrons. The van der Waals surface area contributed by atoms with Crippen LogP contribution in [0.2, 0.25) is 5.02 Å². The zero-order valence-corrected chi connectivity index (χ0v) is 11.6. The number of amides is 2. The highest BCUT2D eigenvalue weighted by Crippen LogP contribution is 2.29. The van der Waals surface area contributed by atoms with Crippen LogP contribution in [-0.2, 0) is 0 Å². The summed E-state index contributed by atoms with van der Waals surface area (Å²) in [5, 5.41) is 11.9. The van der Waals surface area contributed by atoms with Crippen molar-refractivity contribution in [2.75, 3.05) is 11.9 Å². The van der Waals surface area contributed by atoms with Crippen LogP contribution in [0.5, 0.6) is 0 Å². The summed E-state index contributed by atoms with van der Waals surface area (Å²) in [5.74, 6) is -1.17. The minimum atomic E-state index is -1.17. The average Bonchev–Trinajstić information content (AvgIpc) is 3.19. The summed E-state index contributed by atoms with van der Waals surface area (Å²) in [5.41, 5.74) is 0.0987. The molecule has 0 unspecified atom stereocenters. The summed E-state index contributed by atoms with van der Waals surface area (Å²) in [6.45, 7) is 4.05. The number of benzene rings is 1. The van der Waals surface area contributed by atoms with E-state index in [4.69, 9.17) is 16.7 Å². The summed E-state index contributed by atoms with van der Waals surface area (Å²) in [7, 11) is 0.